The number of carbonyl (C=O) groups is 1. The van der Waals surface area contributed by atoms with Gasteiger partial charge in [0.2, 0.25) is 0 Å². The lowest BCUT2D eigenvalue weighted by molar-refractivity contribution is -0.153. The average Bonchev–Trinajstić information content (AvgIpc) is 2.47. The molecule has 0 heterocycles. The van der Waals surface area contributed by atoms with E-state index in [0.717, 1.165) is 42.6 Å². The Labute approximate surface area is 150 Å². The highest BCUT2D eigenvalue weighted by Gasteiger charge is 2.57. The van der Waals surface area contributed by atoms with Crippen molar-refractivity contribution >= 4 is 5.91 Å². The number of hydrogen-bond donors (Lipinski definition) is 2. The largest absolute Gasteiger partial charge is 0.481 e. The van der Waals surface area contributed by atoms with Gasteiger partial charge in [-0.25, -0.2) is 0 Å². The van der Waals surface area contributed by atoms with Crippen LogP contribution in [0.1, 0.15) is 56.6 Å². The van der Waals surface area contributed by atoms with Gasteiger partial charge in [0.05, 0.1) is 5.60 Å². The third-order valence-electron chi connectivity index (χ3n) is 6.44. The van der Waals surface area contributed by atoms with Gasteiger partial charge in [0.15, 0.2) is 6.10 Å². The van der Waals surface area contributed by atoms with Crippen molar-refractivity contribution in [1.29, 1.82) is 0 Å². The number of nitrogens with one attached hydrogen (secondary N) is 1. The third kappa shape index (κ3) is 3.17. The molecule has 0 aromatic heterocycles. The number of rotatable bonds is 4. The number of hydrogen-bond acceptors (Lipinski definition) is 3. The fraction of sp³-hybridized carbons (Fsp3) is 0.667. The van der Waals surface area contributed by atoms with Crippen molar-refractivity contribution in [3.05, 3.63) is 29.3 Å². The fourth-order valence-corrected chi connectivity index (χ4v) is 5.80. The molecule has 4 fully saturated rings. The van der Waals surface area contributed by atoms with Crippen LogP contribution < -0.4 is 10.1 Å². The Balaban J connectivity index is 1.46. The van der Waals surface area contributed by atoms with Gasteiger partial charge in [0, 0.05) is 5.54 Å². The predicted octanol–water partition coefficient (Wildman–Crippen LogP) is 3.27. The molecule has 4 saturated carbocycles. The van der Waals surface area contributed by atoms with Crippen molar-refractivity contribution in [1.82, 2.24) is 5.32 Å². The molecule has 2 N–H and O–H groups in total. The lowest BCUT2D eigenvalue weighted by Gasteiger charge is -2.60. The van der Waals surface area contributed by atoms with Gasteiger partial charge >= 0.3 is 0 Å². The zero-order valence-electron chi connectivity index (χ0n) is 15.5. The summed E-state index contributed by atoms with van der Waals surface area (Å²) in [6.45, 7) is 5.83. The van der Waals surface area contributed by atoms with Crippen LogP contribution in [0.25, 0.3) is 0 Å². The van der Waals surface area contributed by atoms with Crippen LogP contribution in [0.15, 0.2) is 18.2 Å². The van der Waals surface area contributed by atoms with Crippen LogP contribution in [0.5, 0.6) is 5.75 Å². The summed E-state index contributed by atoms with van der Waals surface area (Å²) < 4.78 is 5.95. The molecule has 1 aromatic rings. The van der Waals surface area contributed by atoms with Gasteiger partial charge in [-0.05, 0) is 88.3 Å². The molecular weight excluding hydrogens is 314 g/mol. The Kier molecular flexibility index (Phi) is 3.87. The molecule has 5 rings (SSSR count). The summed E-state index contributed by atoms with van der Waals surface area (Å²) in [5.41, 5.74) is 1.37. The number of aryl methyl sites for hydroxylation is 2. The summed E-state index contributed by atoms with van der Waals surface area (Å²) in [7, 11) is 0. The van der Waals surface area contributed by atoms with Gasteiger partial charge in [-0.15, -0.1) is 0 Å². The minimum absolute atomic E-state index is 0.0635. The summed E-state index contributed by atoms with van der Waals surface area (Å²) in [6.07, 6.45) is 5.22. The highest BCUT2D eigenvalue weighted by molar-refractivity contribution is 5.81. The minimum Gasteiger partial charge on any atom is -0.481 e. The van der Waals surface area contributed by atoms with Crippen molar-refractivity contribution in [2.75, 3.05) is 0 Å². The van der Waals surface area contributed by atoms with E-state index in [1.54, 1.807) is 0 Å². The van der Waals surface area contributed by atoms with Gasteiger partial charge in [0.25, 0.3) is 5.91 Å². The second-order valence-corrected chi connectivity index (χ2v) is 8.98. The molecule has 4 heteroatoms. The first-order chi connectivity index (χ1) is 11.8. The normalized spacial score (nSPS) is 37.0. The molecule has 1 amide bonds. The highest BCUT2D eigenvalue weighted by atomic mass is 16.5. The Morgan fingerprint density at radius 3 is 2.56 bits per heavy atom. The van der Waals surface area contributed by atoms with Crippen molar-refractivity contribution < 1.29 is 14.6 Å². The van der Waals surface area contributed by atoms with Crippen molar-refractivity contribution in [2.45, 2.75) is 76.5 Å². The van der Waals surface area contributed by atoms with Crippen molar-refractivity contribution in [3.8, 4) is 5.75 Å². The van der Waals surface area contributed by atoms with E-state index in [0.29, 0.717) is 18.3 Å². The Morgan fingerprint density at radius 2 is 1.92 bits per heavy atom. The fourth-order valence-electron chi connectivity index (χ4n) is 5.80. The van der Waals surface area contributed by atoms with Gasteiger partial charge in [-0.1, -0.05) is 12.1 Å². The van der Waals surface area contributed by atoms with E-state index in [-0.39, 0.29) is 11.4 Å². The van der Waals surface area contributed by atoms with E-state index < -0.39 is 11.7 Å². The number of carbonyl (C=O) groups excluding carboxylic acids is 1. The molecule has 3 atom stereocenters. The molecule has 4 aliphatic carbocycles. The maximum absolute atomic E-state index is 12.8. The van der Waals surface area contributed by atoms with Crippen LogP contribution in [0.4, 0.5) is 0 Å². The van der Waals surface area contributed by atoms with Gasteiger partial charge in [-0.2, -0.15) is 0 Å². The Morgan fingerprint density at radius 1 is 1.24 bits per heavy atom. The zero-order chi connectivity index (χ0) is 17.8. The maximum atomic E-state index is 12.8. The van der Waals surface area contributed by atoms with Crippen molar-refractivity contribution in [2.24, 2.45) is 11.8 Å². The zero-order valence-corrected chi connectivity index (χ0v) is 15.5. The molecule has 25 heavy (non-hydrogen) atoms. The SMILES string of the molecule is Cc1ccc(C)c(O[C@@H](C)C(=O)NC23C[C@@H]4C[C@H](CC(O)(C4)C2)C3)c1. The summed E-state index contributed by atoms with van der Waals surface area (Å²) >= 11 is 0. The van der Waals surface area contributed by atoms with Crippen LogP contribution in [-0.2, 0) is 4.79 Å². The standard InChI is InChI=1S/C21H29NO3/c1-13-4-5-14(2)18(6-13)25-15(3)19(23)22-20-8-16-7-17(9-20)11-21(24,10-16)12-20/h4-6,15-17,24H,7-12H2,1-3H3,(H,22,23)/t15-,16-,17-,20?,21?/m0/s1. The van der Waals surface area contributed by atoms with Crippen LogP contribution in [-0.4, -0.2) is 28.3 Å². The predicted molar refractivity (Wildman–Crippen MR) is 96.5 cm³/mol. The van der Waals surface area contributed by atoms with E-state index in [1.165, 1.54) is 6.42 Å². The first-order valence-electron chi connectivity index (χ1n) is 9.54. The smallest absolute Gasteiger partial charge is 0.261 e. The quantitative estimate of drug-likeness (QED) is 0.882. The summed E-state index contributed by atoms with van der Waals surface area (Å²) in [5.74, 6) is 1.82. The number of amides is 1. The molecular formula is C21H29NO3. The Hall–Kier alpha value is -1.55. The maximum Gasteiger partial charge on any atom is 0.261 e. The van der Waals surface area contributed by atoms with Gasteiger partial charge in [-0.3, -0.25) is 4.79 Å². The molecule has 4 nitrogen and oxygen atoms in total. The minimum atomic E-state index is -0.561. The van der Waals surface area contributed by atoms with Gasteiger partial charge in [0.1, 0.15) is 5.75 Å². The first kappa shape index (κ1) is 16.9. The molecule has 0 aliphatic heterocycles. The van der Waals surface area contributed by atoms with Crippen LogP contribution in [0.2, 0.25) is 0 Å². The third-order valence-corrected chi connectivity index (χ3v) is 6.44. The number of benzene rings is 1. The molecule has 4 aliphatic rings. The second kappa shape index (κ2) is 5.73. The van der Waals surface area contributed by atoms with E-state index in [9.17, 15) is 9.90 Å². The average molecular weight is 343 g/mol. The van der Waals surface area contributed by atoms with Crippen LogP contribution >= 0.6 is 0 Å². The lowest BCUT2D eigenvalue weighted by Crippen LogP contribution is -2.66. The van der Waals surface area contributed by atoms with E-state index in [4.69, 9.17) is 4.74 Å². The van der Waals surface area contributed by atoms with Crippen molar-refractivity contribution in [3.63, 3.8) is 0 Å². The van der Waals surface area contributed by atoms with Crippen LogP contribution in [0.3, 0.4) is 0 Å². The molecule has 1 aromatic carbocycles. The topological polar surface area (TPSA) is 58.6 Å². The lowest BCUT2D eigenvalue weighted by atomic mass is 9.51. The highest BCUT2D eigenvalue weighted by Crippen LogP contribution is 2.57. The first-order valence-corrected chi connectivity index (χ1v) is 9.54. The molecule has 4 bridgehead atoms. The Bertz CT molecular complexity index is 684. The molecule has 0 unspecified atom stereocenters. The summed E-state index contributed by atoms with van der Waals surface area (Å²) in [4.78, 5) is 12.8. The van der Waals surface area contributed by atoms with Crippen LogP contribution in [0, 0.1) is 25.7 Å². The monoisotopic (exact) mass is 343 g/mol. The molecule has 136 valence electrons. The number of aliphatic hydroxyl groups is 1. The molecule has 0 spiro atoms. The molecule has 0 radical (unpaired) electrons. The van der Waals surface area contributed by atoms with E-state index >= 15 is 0 Å². The summed E-state index contributed by atoms with van der Waals surface area (Å²) in [5, 5.41) is 14.1. The van der Waals surface area contributed by atoms with Gasteiger partial charge < -0.3 is 15.2 Å². The van der Waals surface area contributed by atoms with E-state index in [1.807, 2.05) is 39.0 Å². The molecule has 0 saturated heterocycles. The summed E-state index contributed by atoms with van der Waals surface area (Å²) in [6, 6.07) is 6.04. The van der Waals surface area contributed by atoms with E-state index in [2.05, 4.69) is 5.32 Å². The number of ether oxygens (including phenoxy) is 1. The second-order valence-electron chi connectivity index (χ2n) is 8.98.